The first-order chi connectivity index (χ1) is 10.2. The second kappa shape index (κ2) is 6.69. The molecule has 120 valence electrons. The maximum absolute atomic E-state index is 12.0. The molecule has 0 aromatic heterocycles. The van der Waals surface area contributed by atoms with Crippen molar-refractivity contribution in [2.45, 2.75) is 26.4 Å². The molecular weight excluding hydrogens is 348 g/mol. The van der Waals surface area contributed by atoms with Crippen molar-refractivity contribution in [1.82, 2.24) is 10.2 Å². The lowest BCUT2D eigenvalue weighted by molar-refractivity contribution is -0.000532. The van der Waals surface area contributed by atoms with E-state index in [1.165, 1.54) is 0 Å². The Morgan fingerprint density at radius 1 is 1.27 bits per heavy atom. The minimum Gasteiger partial charge on any atom is -0.444 e. The molecule has 1 fully saturated rings. The van der Waals surface area contributed by atoms with Crippen LogP contribution in [0.25, 0.3) is 0 Å². The van der Waals surface area contributed by atoms with E-state index in [1.807, 2.05) is 32.9 Å². The van der Waals surface area contributed by atoms with Gasteiger partial charge in [0.25, 0.3) is 5.91 Å². The van der Waals surface area contributed by atoms with Crippen LogP contribution in [0.2, 0.25) is 0 Å². The molecule has 0 saturated carbocycles. The normalized spacial score (nSPS) is 15.2. The van der Waals surface area contributed by atoms with Gasteiger partial charge in [0.2, 0.25) is 0 Å². The third-order valence-corrected chi connectivity index (χ3v) is 3.80. The van der Waals surface area contributed by atoms with Crippen molar-refractivity contribution in [3.63, 3.8) is 0 Å². The number of carbonyl (C=O) groups is 2. The Balaban J connectivity index is 1.71. The average molecular weight is 369 g/mol. The van der Waals surface area contributed by atoms with Crippen LogP contribution in [0.1, 0.15) is 31.1 Å². The smallest absolute Gasteiger partial charge is 0.410 e. The number of hydrogen-bond donors (Lipinski definition) is 1. The quantitative estimate of drug-likeness (QED) is 0.891. The summed E-state index contributed by atoms with van der Waals surface area (Å²) in [6, 6.07) is 7.21. The zero-order valence-corrected chi connectivity index (χ0v) is 14.6. The summed E-state index contributed by atoms with van der Waals surface area (Å²) in [5.74, 6) is 0.190. The van der Waals surface area contributed by atoms with Gasteiger partial charge in [-0.1, -0.05) is 15.9 Å². The molecule has 0 unspecified atom stereocenters. The Morgan fingerprint density at radius 3 is 2.41 bits per heavy atom. The molecule has 0 bridgehead atoms. The van der Waals surface area contributed by atoms with E-state index in [2.05, 4.69) is 21.2 Å². The molecule has 1 aliphatic rings. The first-order valence-corrected chi connectivity index (χ1v) is 8.05. The van der Waals surface area contributed by atoms with Crippen LogP contribution in [0.4, 0.5) is 4.79 Å². The highest BCUT2D eigenvalue weighted by atomic mass is 79.9. The standard InChI is InChI=1S/C16H21BrN2O3/c1-16(2,3)22-15(21)19-9-11(10-19)8-18-14(20)12-4-6-13(17)7-5-12/h4-7,11H,8-10H2,1-3H3,(H,18,20). The molecule has 0 spiro atoms. The number of rotatable bonds is 3. The van der Waals surface area contributed by atoms with E-state index in [0.717, 1.165) is 4.47 Å². The number of hydrogen-bond acceptors (Lipinski definition) is 3. The van der Waals surface area contributed by atoms with E-state index in [1.54, 1.807) is 17.0 Å². The van der Waals surface area contributed by atoms with Crippen LogP contribution in [-0.4, -0.2) is 42.1 Å². The summed E-state index contributed by atoms with van der Waals surface area (Å²) in [6.45, 7) is 7.35. The van der Waals surface area contributed by atoms with Crippen LogP contribution in [0, 0.1) is 5.92 Å². The monoisotopic (exact) mass is 368 g/mol. The molecule has 2 amide bonds. The average Bonchev–Trinajstić information content (AvgIpc) is 2.35. The van der Waals surface area contributed by atoms with E-state index in [4.69, 9.17) is 4.74 Å². The number of ether oxygens (including phenoxy) is 1. The lowest BCUT2D eigenvalue weighted by Gasteiger charge is -2.39. The Hall–Kier alpha value is -1.56. The van der Waals surface area contributed by atoms with Crippen molar-refractivity contribution < 1.29 is 14.3 Å². The topological polar surface area (TPSA) is 58.6 Å². The van der Waals surface area contributed by atoms with Crippen LogP contribution in [0.15, 0.2) is 28.7 Å². The second-order valence-corrected chi connectivity index (χ2v) is 7.38. The maximum Gasteiger partial charge on any atom is 0.410 e. The Bertz CT molecular complexity index is 546. The first-order valence-electron chi connectivity index (χ1n) is 7.26. The van der Waals surface area contributed by atoms with Gasteiger partial charge in [0.15, 0.2) is 0 Å². The molecule has 1 N–H and O–H groups in total. The minimum absolute atomic E-state index is 0.0942. The molecule has 0 atom stereocenters. The van der Waals surface area contributed by atoms with Crippen molar-refractivity contribution in [3.8, 4) is 0 Å². The number of carbonyl (C=O) groups excluding carboxylic acids is 2. The lowest BCUT2D eigenvalue weighted by atomic mass is 10.0. The van der Waals surface area contributed by atoms with Crippen molar-refractivity contribution >= 4 is 27.9 Å². The number of amides is 2. The van der Waals surface area contributed by atoms with Gasteiger partial charge in [-0.15, -0.1) is 0 Å². The number of likely N-dealkylation sites (tertiary alicyclic amines) is 1. The van der Waals surface area contributed by atoms with Gasteiger partial charge in [-0.3, -0.25) is 4.79 Å². The van der Waals surface area contributed by atoms with Crippen molar-refractivity contribution in [3.05, 3.63) is 34.3 Å². The van der Waals surface area contributed by atoms with Gasteiger partial charge >= 0.3 is 6.09 Å². The zero-order chi connectivity index (χ0) is 16.3. The van der Waals surface area contributed by atoms with E-state index in [9.17, 15) is 9.59 Å². The SMILES string of the molecule is CC(C)(C)OC(=O)N1CC(CNC(=O)c2ccc(Br)cc2)C1. The van der Waals surface area contributed by atoms with Gasteiger partial charge in [0, 0.05) is 35.6 Å². The number of nitrogens with zero attached hydrogens (tertiary/aromatic N) is 1. The second-order valence-electron chi connectivity index (χ2n) is 6.47. The summed E-state index contributed by atoms with van der Waals surface area (Å²) >= 11 is 3.34. The molecule has 0 radical (unpaired) electrons. The van der Waals surface area contributed by atoms with Gasteiger partial charge in [-0.25, -0.2) is 4.79 Å². The van der Waals surface area contributed by atoms with E-state index in [0.29, 0.717) is 25.2 Å². The van der Waals surface area contributed by atoms with Crippen LogP contribution >= 0.6 is 15.9 Å². The highest BCUT2D eigenvalue weighted by molar-refractivity contribution is 9.10. The van der Waals surface area contributed by atoms with Gasteiger partial charge in [0.1, 0.15) is 5.60 Å². The van der Waals surface area contributed by atoms with Crippen LogP contribution in [-0.2, 0) is 4.74 Å². The van der Waals surface area contributed by atoms with Crippen LogP contribution in [0.3, 0.4) is 0 Å². The maximum atomic E-state index is 12.0. The fourth-order valence-electron chi connectivity index (χ4n) is 2.11. The summed E-state index contributed by atoms with van der Waals surface area (Å²) < 4.78 is 6.23. The first kappa shape index (κ1) is 16.8. The molecular formula is C16H21BrN2O3. The predicted molar refractivity (Wildman–Crippen MR) is 87.8 cm³/mol. The largest absolute Gasteiger partial charge is 0.444 e. The van der Waals surface area contributed by atoms with Gasteiger partial charge in [0.05, 0.1) is 0 Å². The molecule has 5 nitrogen and oxygen atoms in total. The summed E-state index contributed by atoms with van der Waals surface area (Å²) in [5, 5.41) is 2.90. The number of halogens is 1. The summed E-state index contributed by atoms with van der Waals surface area (Å²) in [5.41, 5.74) is 0.157. The van der Waals surface area contributed by atoms with Gasteiger partial charge in [-0.2, -0.15) is 0 Å². The number of benzene rings is 1. The molecule has 1 aromatic carbocycles. The zero-order valence-electron chi connectivity index (χ0n) is 13.1. The predicted octanol–water partition coefficient (Wildman–Crippen LogP) is 3.05. The van der Waals surface area contributed by atoms with E-state index in [-0.39, 0.29) is 17.9 Å². The fourth-order valence-corrected chi connectivity index (χ4v) is 2.38. The lowest BCUT2D eigenvalue weighted by Crippen LogP contribution is -2.54. The minimum atomic E-state index is -0.474. The Kier molecular flexibility index (Phi) is 5.11. The molecule has 6 heteroatoms. The molecule has 2 rings (SSSR count). The highest BCUT2D eigenvalue weighted by Crippen LogP contribution is 2.19. The molecule has 1 aliphatic heterocycles. The van der Waals surface area contributed by atoms with Gasteiger partial charge in [-0.05, 0) is 45.0 Å². The summed E-state index contributed by atoms with van der Waals surface area (Å²) in [7, 11) is 0. The van der Waals surface area contributed by atoms with Crippen molar-refractivity contribution in [1.29, 1.82) is 0 Å². The van der Waals surface area contributed by atoms with Crippen molar-refractivity contribution in [2.24, 2.45) is 5.92 Å². The van der Waals surface area contributed by atoms with E-state index >= 15 is 0 Å². The van der Waals surface area contributed by atoms with Crippen LogP contribution < -0.4 is 5.32 Å². The van der Waals surface area contributed by atoms with Gasteiger partial charge < -0.3 is 15.0 Å². The third-order valence-electron chi connectivity index (χ3n) is 3.27. The van der Waals surface area contributed by atoms with Crippen LogP contribution in [0.5, 0.6) is 0 Å². The molecule has 22 heavy (non-hydrogen) atoms. The van der Waals surface area contributed by atoms with Crippen molar-refractivity contribution in [2.75, 3.05) is 19.6 Å². The summed E-state index contributed by atoms with van der Waals surface area (Å²) in [4.78, 5) is 25.4. The Morgan fingerprint density at radius 2 is 1.86 bits per heavy atom. The third kappa shape index (κ3) is 4.73. The Labute approximate surface area is 139 Å². The summed E-state index contributed by atoms with van der Waals surface area (Å²) in [6.07, 6.45) is -0.289. The molecule has 1 aromatic rings. The number of nitrogens with one attached hydrogen (secondary N) is 1. The fraction of sp³-hybridized carbons (Fsp3) is 0.500. The molecule has 1 saturated heterocycles. The molecule has 0 aliphatic carbocycles. The highest BCUT2D eigenvalue weighted by Gasteiger charge is 2.33. The molecule has 1 heterocycles. The van der Waals surface area contributed by atoms with E-state index < -0.39 is 5.60 Å².